The van der Waals surface area contributed by atoms with Gasteiger partial charge in [-0.15, -0.1) is 0 Å². The lowest BCUT2D eigenvalue weighted by Crippen LogP contribution is -2.02. The number of anilines is 1. The van der Waals surface area contributed by atoms with E-state index in [-0.39, 0.29) is 0 Å². The number of nitrogens with zero attached hydrogens (tertiary/aromatic N) is 2. The number of halogens is 1. The Balaban J connectivity index is 1.87. The third kappa shape index (κ3) is 2.58. The van der Waals surface area contributed by atoms with Gasteiger partial charge in [-0.05, 0) is 36.1 Å². The zero-order valence-corrected chi connectivity index (χ0v) is 11.9. The molecular formula is C16H14ClN3. The highest BCUT2D eigenvalue weighted by molar-refractivity contribution is 6.29. The molecule has 4 heteroatoms. The van der Waals surface area contributed by atoms with Gasteiger partial charge in [0, 0.05) is 24.3 Å². The zero-order valence-electron chi connectivity index (χ0n) is 11.1. The molecule has 3 aromatic rings. The van der Waals surface area contributed by atoms with Crippen LogP contribution in [-0.2, 0) is 6.54 Å². The van der Waals surface area contributed by atoms with E-state index in [0.29, 0.717) is 5.15 Å². The summed E-state index contributed by atoms with van der Waals surface area (Å²) in [6, 6.07) is 12.0. The predicted octanol–water partition coefficient (Wildman–Crippen LogP) is 4.20. The van der Waals surface area contributed by atoms with Crippen LogP contribution in [0.5, 0.6) is 0 Å². The average molecular weight is 284 g/mol. The molecule has 0 aliphatic heterocycles. The fraction of sp³-hybridized carbons (Fsp3) is 0.125. The van der Waals surface area contributed by atoms with Crippen LogP contribution in [0.3, 0.4) is 0 Å². The number of aromatic nitrogens is 2. The molecule has 0 fully saturated rings. The first kappa shape index (κ1) is 12.9. The van der Waals surface area contributed by atoms with Gasteiger partial charge in [0.1, 0.15) is 5.15 Å². The van der Waals surface area contributed by atoms with Crippen molar-refractivity contribution < 1.29 is 0 Å². The van der Waals surface area contributed by atoms with E-state index in [2.05, 4.69) is 27.4 Å². The quantitative estimate of drug-likeness (QED) is 0.732. The summed E-state index contributed by atoms with van der Waals surface area (Å²) in [5.74, 6) is 0. The first-order chi connectivity index (χ1) is 9.74. The van der Waals surface area contributed by atoms with E-state index < -0.39 is 0 Å². The minimum absolute atomic E-state index is 0.518. The van der Waals surface area contributed by atoms with Crippen LogP contribution in [0.2, 0.25) is 5.15 Å². The minimum Gasteiger partial charge on any atom is -0.379 e. The first-order valence-electron chi connectivity index (χ1n) is 6.43. The Labute approximate surface area is 122 Å². The molecule has 3 rings (SSSR count). The van der Waals surface area contributed by atoms with Crippen LogP contribution >= 0.6 is 11.6 Å². The van der Waals surface area contributed by atoms with E-state index in [4.69, 9.17) is 11.6 Å². The fourth-order valence-electron chi connectivity index (χ4n) is 2.25. The minimum atomic E-state index is 0.518. The molecule has 0 radical (unpaired) electrons. The molecule has 0 aliphatic rings. The lowest BCUT2D eigenvalue weighted by atomic mass is 10.1. The van der Waals surface area contributed by atoms with Gasteiger partial charge in [-0.25, -0.2) is 4.98 Å². The molecule has 1 aromatic carbocycles. The molecule has 0 amide bonds. The number of hydrogen-bond acceptors (Lipinski definition) is 3. The molecule has 0 unspecified atom stereocenters. The smallest absolute Gasteiger partial charge is 0.129 e. The van der Waals surface area contributed by atoms with Crippen LogP contribution < -0.4 is 5.32 Å². The van der Waals surface area contributed by atoms with Gasteiger partial charge in [0.25, 0.3) is 0 Å². The molecule has 2 aromatic heterocycles. The Hall–Kier alpha value is -2.13. The van der Waals surface area contributed by atoms with Crippen LogP contribution in [0.4, 0.5) is 5.69 Å². The van der Waals surface area contributed by atoms with E-state index in [1.165, 1.54) is 10.9 Å². The van der Waals surface area contributed by atoms with Crippen molar-refractivity contribution in [3.63, 3.8) is 0 Å². The van der Waals surface area contributed by atoms with Crippen molar-refractivity contribution in [1.82, 2.24) is 9.97 Å². The van der Waals surface area contributed by atoms with E-state index in [1.54, 1.807) is 6.07 Å². The van der Waals surface area contributed by atoms with Gasteiger partial charge in [0.05, 0.1) is 11.4 Å². The lowest BCUT2D eigenvalue weighted by Gasteiger charge is -2.11. The van der Waals surface area contributed by atoms with E-state index in [1.807, 2.05) is 37.5 Å². The molecule has 0 spiro atoms. The van der Waals surface area contributed by atoms with Crippen molar-refractivity contribution in [2.45, 2.75) is 13.5 Å². The van der Waals surface area contributed by atoms with Crippen molar-refractivity contribution in [2.75, 3.05) is 5.32 Å². The van der Waals surface area contributed by atoms with Gasteiger partial charge >= 0.3 is 0 Å². The molecule has 0 bridgehead atoms. The van der Waals surface area contributed by atoms with E-state index in [0.717, 1.165) is 23.3 Å². The highest BCUT2D eigenvalue weighted by atomic mass is 35.5. The van der Waals surface area contributed by atoms with Crippen LogP contribution in [0, 0.1) is 6.92 Å². The third-order valence-electron chi connectivity index (χ3n) is 3.29. The molecule has 1 N–H and O–H groups in total. The van der Waals surface area contributed by atoms with Gasteiger partial charge in [-0.2, -0.15) is 0 Å². The average Bonchev–Trinajstić information content (AvgIpc) is 2.46. The Bertz CT molecular complexity index is 750. The van der Waals surface area contributed by atoms with Crippen molar-refractivity contribution in [2.24, 2.45) is 0 Å². The van der Waals surface area contributed by atoms with Gasteiger partial charge in [0.2, 0.25) is 0 Å². The Kier molecular flexibility index (Phi) is 3.52. The molecule has 100 valence electrons. The maximum absolute atomic E-state index is 5.87. The fourth-order valence-corrected chi connectivity index (χ4v) is 2.44. The van der Waals surface area contributed by atoms with Crippen LogP contribution in [0.25, 0.3) is 10.8 Å². The Morgan fingerprint density at radius 2 is 2.05 bits per heavy atom. The van der Waals surface area contributed by atoms with Gasteiger partial charge < -0.3 is 5.32 Å². The van der Waals surface area contributed by atoms with Gasteiger partial charge in [-0.1, -0.05) is 29.8 Å². The van der Waals surface area contributed by atoms with Crippen molar-refractivity contribution >= 4 is 28.1 Å². The second-order valence-electron chi connectivity index (χ2n) is 4.63. The number of hydrogen-bond donors (Lipinski definition) is 1. The standard InChI is InChI=1S/C16H14ClN3/c1-11-15(5-6-16(17)20-11)19-10-13-4-2-3-12-9-18-8-7-14(12)13/h2-9,19H,10H2,1H3. The van der Waals surface area contributed by atoms with Crippen molar-refractivity contribution in [3.8, 4) is 0 Å². The summed E-state index contributed by atoms with van der Waals surface area (Å²) in [5.41, 5.74) is 3.14. The lowest BCUT2D eigenvalue weighted by molar-refractivity contribution is 1.12. The molecule has 20 heavy (non-hydrogen) atoms. The molecule has 0 aliphatic carbocycles. The zero-order chi connectivity index (χ0) is 13.9. The first-order valence-corrected chi connectivity index (χ1v) is 6.80. The summed E-state index contributed by atoms with van der Waals surface area (Å²) >= 11 is 5.87. The van der Waals surface area contributed by atoms with E-state index >= 15 is 0 Å². The van der Waals surface area contributed by atoms with E-state index in [9.17, 15) is 0 Å². The SMILES string of the molecule is Cc1nc(Cl)ccc1NCc1cccc2cnccc12. The van der Waals surface area contributed by atoms with Crippen molar-refractivity contribution in [1.29, 1.82) is 0 Å². The molecule has 3 nitrogen and oxygen atoms in total. The summed E-state index contributed by atoms with van der Waals surface area (Å²) in [4.78, 5) is 8.39. The molecule has 0 atom stereocenters. The van der Waals surface area contributed by atoms with Crippen LogP contribution in [-0.4, -0.2) is 9.97 Å². The largest absolute Gasteiger partial charge is 0.379 e. The summed E-state index contributed by atoms with van der Waals surface area (Å²) in [7, 11) is 0. The number of pyridine rings is 2. The highest BCUT2D eigenvalue weighted by Gasteiger charge is 2.03. The Morgan fingerprint density at radius 3 is 2.90 bits per heavy atom. The molecule has 0 saturated heterocycles. The van der Waals surface area contributed by atoms with Gasteiger partial charge in [-0.3, -0.25) is 4.98 Å². The number of aryl methyl sites for hydroxylation is 1. The third-order valence-corrected chi connectivity index (χ3v) is 3.50. The maximum Gasteiger partial charge on any atom is 0.129 e. The summed E-state index contributed by atoms with van der Waals surface area (Å²) in [6.45, 7) is 2.69. The summed E-state index contributed by atoms with van der Waals surface area (Å²) in [5, 5.41) is 6.29. The second kappa shape index (κ2) is 5.47. The topological polar surface area (TPSA) is 37.8 Å². The normalized spacial score (nSPS) is 10.7. The molecule has 0 saturated carbocycles. The Morgan fingerprint density at radius 1 is 1.15 bits per heavy atom. The molecular weight excluding hydrogens is 270 g/mol. The van der Waals surface area contributed by atoms with Crippen molar-refractivity contribution in [3.05, 3.63) is 65.2 Å². The summed E-state index contributed by atoms with van der Waals surface area (Å²) in [6.07, 6.45) is 3.70. The van der Waals surface area contributed by atoms with Crippen LogP contribution in [0.15, 0.2) is 48.8 Å². The highest BCUT2D eigenvalue weighted by Crippen LogP contribution is 2.20. The number of fused-ring (bicyclic) bond motifs is 1. The summed E-state index contributed by atoms with van der Waals surface area (Å²) < 4.78 is 0. The number of benzene rings is 1. The second-order valence-corrected chi connectivity index (χ2v) is 5.02. The molecule has 2 heterocycles. The number of nitrogens with one attached hydrogen (secondary N) is 1. The number of rotatable bonds is 3. The monoisotopic (exact) mass is 283 g/mol. The predicted molar refractivity (Wildman–Crippen MR) is 83.1 cm³/mol. The van der Waals surface area contributed by atoms with Crippen LogP contribution in [0.1, 0.15) is 11.3 Å². The maximum atomic E-state index is 5.87. The van der Waals surface area contributed by atoms with Gasteiger partial charge in [0.15, 0.2) is 0 Å².